The zero-order valence-corrected chi connectivity index (χ0v) is 10.2. The molecule has 0 aliphatic carbocycles. The molecule has 0 fully saturated rings. The number of rotatable bonds is 2. The van der Waals surface area contributed by atoms with Crippen LogP contribution in [0, 0.1) is 12.3 Å². The molecule has 0 amide bonds. The first-order valence-electron chi connectivity index (χ1n) is 2.35. The molecule has 0 radical (unpaired) electrons. The van der Waals surface area contributed by atoms with Crippen molar-refractivity contribution >= 4 is 23.1 Å². The second kappa shape index (κ2) is 22.8. The summed E-state index contributed by atoms with van der Waals surface area (Å²) in [6, 6.07) is 0. The first-order chi connectivity index (χ1) is 2.91. The van der Waals surface area contributed by atoms with Crippen molar-refractivity contribution in [1.29, 1.82) is 0 Å². The van der Waals surface area contributed by atoms with E-state index in [1.807, 2.05) is 0 Å². The molecule has 0 aromatic rings. The molecule has 0 nitrogen and oxygen atoms in total. The Labute approximate surface area is 94.9 Å². The van der Waals surface area contributed by atoms with Crippen LogP contribution in [0.2, 0.25) is 0 Å². The zero-order chi connectivity index (χ0) is 4.83. The van der Waals surface area contributed by atoms with E-state index in [-0.39, 0.29) is 57.0 Å². The van der Waals surface area contributed by atoms with Crippen molar-refractivity contribution in [2.45, 2.75) is 26.2 Å². The molecule has 0 N–H and O–H groups in total. The molecule has 0 aliphatic rings. The van der Waals surface area contributed by atoms with Crippen LogP contribution < -0.4 is 34.0 Å². The summed E-state index contributed by atoms with van der Waals surface area (Å²) in [5, 5.41) is 0. The Morgan fingerprint density at radius 3 is 1.89 bits per heavy atom. The van der Waals surface area contributed by atoms with E-state index in [2.05, 4.69) is 12.8 Å². The third kappa shape index (κ3) is 26.8. The Morgan fingerprint density at radius 2 is 1.78 bits per heavy atom. The van der Waals surface area contributed by atoms with Crippen LogP contribution in [0.1, 0.15) is 26.2 Å². The summed E-state index contributed by atoms with van der Waals surface area (Å²) in [5.41, 5.74) is 0. The smallest absolute Gasteiger partial charge is 1.00 e. The number of halogens is 2. The maximum absolute atomic E-state index is 4.96. The van der Waals surface area contributed by atoms with Gasteiger partial charge in [0.15, 0.2) is 0 Å². The maximum atomic E-state index is 4.96. The fourth-order valence-corrected chi connectivity index (χ4v) is 0.279. The Kier molecular flexibility index (Phi) is 56.9. The molecular weight excluding hydrogens is 256 g/mol. The van der Waals surface area contributed by atoms with Crippen LogP contribution in [0.4, 0.5) is 0 Å². The first-order valence-corrected chi connectivity index (χ1v) is 2.35. The Bertz CT molecular complexity index is 58.6. The van der Waals surface area contributed by atoms with E-state index in [4.69, 9.17) is 6.42 Å². The molecule has 50 valence electrons. The van der Waals surface area contributed by atoms with E-state index in [0.717, 1.165) is 6.42 Å². The third-order valence-electron chi connectivity index (χ3n) is 0.675. The van der Waals surface area contributed by atoms with E-state index in [9.17, 15) is 0 Å². The van der Waals surface area contributed by atoms with Crippen LogP contribution in [0.25, 0.3) is 0 Å². The van der Waals surface area contributed by atoms with Crippen molar-refractivity contribution in [2.24, 2.45) is 0 Å². The molecule has 0 heterocycles. The van der Waals surface area contributed by atoms with Crippen LogP contribution >= 0.6 is 0 Å². The zero-order valence-electron chi connectivity index (χ0n) is 5.66. The van der Waals surface area contributed by atoms with Crippen LogP contribution in [0.5, 0.6) is 0 Å². The van der Waals surface area contributed by atoms with Gasteiger partial charge in [0.2, 0.25) is 0 Å². The second-order valence-electron chi connectivity index (χ2n) is 1.31. The van der Waals surface area contributed by atoms with Crippen LogP contribution in [0.3, 0.4) is 0 Å². The van der Waals surface area contributed by atoms with Gasteiger partial charge in [-0.05, 0) is 6.42 Å². The van der Waals surface area contributed by atoms with Gasteiger partial charge < -0.3 is 34.0 Å². The molecule has 0 atom stereocenters. The summed E-state index contributed by atoms with van der Waals surface area (Å²) >= 11 is 0. The molecule has 0 saturated heterocycles. The summed E-state index contributed by atoms with van der Waals surface area (Å²) in [7, 11) is 0. The van der Waals surface area contributed by atoms with E-state index >= 15 is 0 Å². The van der Waals surface area contributed by atoms with Gasteiger partial charge in [-0.3, -0.25) is 0 Å². The SMILES string of the molecule is C#CCCCC.[Br-].[Br-].[Mg+2]. The fraction of sp³-hybridized carbons (Fsp3) is 0.667. The van der Waals surface area contributed by atoms with Gasteiger partial charge in [-0.25, -0.2) is 0 Å². The summed E-state index contributed by atoms with van der Waals surface area (Å²) in [5.74, 6) is 2.57. The number of hydrogen-bond acceptors (Lipinski definition) is 0. The van der Waals surface area contributed by atoms with Crippen molar-refractivity contribution in [3.8, 4) is 12.3 Å². The molecule has 0 saturated carbocycles. The third-order valence-corrected chi connectivity index (χ3v) is 0.675. The quantitative estimate of drug-likeness (QED) is 0.268. The monoisotopic (exact) mass is 264 g/mol. The van der Waals surface area contributed by atoms with Gasteiger partial charge in [0.05, 0.1) is 0 Å². The maximum Gasteiger partial charge on any atom is 2.00 e. The van der Waals surface area contributed by atoms with Crippen molar-refractivity contribution < 1.29 is 34.0 Å². The largest absolute Gasteiger partial charge is 2.00 e. The average molecular weight is 266 g/mol. The predicted molar refractivity (Wildman–Crippen MR) is 34.1 cm³/mol. The van der Waals surface area contributed by atoms with Gasteiger partial charge in [-0.15, -0.1) is 12.3 Å². The van der Waals surface area contributed by atoms with E-state index in [0.29, 0.717) is 0 Å². The van der Waals surface area contributed by atoms with Gasteiger partial charge in [-0.1, -0.05) is 13.3 Å². The minimum atomic E-state index is 0. The molecule has 0 unspecified atom stereocenters. The molecule has 0 rings (SSSR count). The van der Waals surface area contributed by atoms with Gasteiger partial charge >= 0.3 is 23.1 Å². The number of unbranched alkanes of at least 4 members (excludes halogenated alkanes) is 2. The van der Waals surface area contributed by atoms with Gasteiger partial charge in [0.1, 0.15) is 0 Å². The minimum Gasteiger partial charge on any atom is -1.00 e. The van der Waals surface area contributed by atoms with Gasteiger partial charge in [-0.2, -0.15) is 0 Å². The predicted octanol–water partition coefficient (Wildman–Crippen LogP) is -4.56. The minimum absolute atomic E-state index is 0. The first kappa shape index (κ1) is 22.4. The fourth-order valence-electron chi connectivity index (χ4n) is 0.279. The average Bonchev–Trinajstić information content (AvgIpc) is 1.61. The molecule has 0 spiro atoms. The van der Waals surface area contributed by atoms with Gasteiger partial charge in [0.25, 0.3) is 0 Å². The number of hydrogen-bond donors (Lipinski definition) is 0. The van der Waals surface area contributed by atoms with E-state index in [1.165, 1.54) is 12.8 Å². The topological polar surface area (TPSA) is 0 Å². The molecule has 0 bridgehead atoms. The van der Waals surface area contributed by atoms with Crippen molar-refractivity contribution in [1.82, 2.24) is 0 Å². The standard InChI is InChI=1S/C6H10.2BrH.Mg/c1-3-5-6-4-2;;;/h1H,4-6H2,2H3;2*1H;/q;;;+2/p-2. The van der Waals surface area contributed by atoms with Crippen LogP contribution in [-0.2, 0) is 0 Å². The normalized spacial score (nSPS) is 4.89. The summed E-state index contributed by atoms with van der Waals surface area (Å²) in [6.45, 7) is 2.14. The van der Waals surface area contributed by atoms with Gasteiger partial charge in [0, 0.05) is 6.42 Å². The van der Waals surface area contributed by atoms with Crippen LogP contribution in [0.15, 0.2) is 0 Å². The van der Waals surface area contributed by atoms with Crippen LogP contribution in [-0.4, -0.2) is 23.1 Å². The second-order valence-corrected chi connectivity index (χ2v) is 1.31. The van der Waals surface area contributed by atoms with Crippen molar-refractivity contribution in [3.05, 3.63) is 0 Å². The van der Waals surface area contributed by atoms with Crippen molar-refractivity contribution in [2.75, 3.05) is 0 Å². The Morgan fingerprint density at radius 1 is 1.33 bits per heavy atom. The Balaban J connectivity index is -0.0000000417. The molecular formula is C6H10Br2Mg. The molecule has 9 heavy (non-hydrogen) atoms. The molecule has 0 aliphatic heterocycles. The molecule has 3 heteroatoms. The van der Waals surface area contributed by atoms with E-state index < -0.39 is 0 Å². The summed E-state index contributed by atoms with van der Waals surface area (Å²) in [4.78, 5) is 0. The number of terminal acetylenes is 1. The molecule has 0 aromatic heterocycles. The molecule has 0 aromatic carbocycles. The van der Waals surface area contributed by atoms with E-state index in [1.54, 1.807) is 0 Å². The Hall–Kier alpha value is 1.29. The summed E-state index contributed by atoms with van der Waals surface area (Å²) in [6.07, 6.45) is 8.30. The summed E-state index contributed by atoms with van der Waals surface area (Å²) < 4.78 is 0. The van der Waals surface area contributed by atoms with Crippen molar-refractivity contribution in [3.63, 3.8) is 0 Å².